The molecule has 0 saturated carbocycles. The fraction of sp³-hybridized carbons (Fsp3) is 0.235. The van der Waals surface area contributed by atoms with Gasteiger partial charge in [-0.3, -0.25) is 9.59 Å². The highest BCUT2D eigenvalue weighted by molar-refractivity contribution is 5.97. The summed E-state index contributed by atoms with van der Waals surface area (Å²) in [5.41, 5.74) is 1.33. The van der Waals surface area contributed by atoms with Gasteiger partial charge in [0.25, 0.3) is 5.91 Å². The zero-order valence-corrected chi connectivity index (χ0v) is 13.5. The molecule has 0 radical (unpaired) electrons. The molecule has 25 heavy (non-hydrogen) atoms. The minimum Gasteiger partial charge on any atom is -0.454 e. The number of amides is 1. The summed E-state index contributed by atoms with van der Waals surface area (Å²) in [6.45, 7) is 1.43. The number of esters is 1. The Morgan fingerprint density at radius 1 is 1.20 bits per heavy atom. The number of aromatic amines is 1. The summed E-state index contributed by atoms with van der Waals surface area (Å²) in [7, 11) is 0. The van der Waals surface area contributed by atoms with E-state index in [1.165, 1.54) is 19.2 Å². The normalized spacial score (nSPS) is 11.9. The van der Waals surface area contributed by atoms with Crippen LogP contribution in [0.2, 0.25) is 0 Å². The molecule has 130 valence electrons. The number of aromatic nitrogens is 1. The van der Waals surface area contributed by atoms with Crippen molar-refractivity contribution >= 4 is 17.7 Å². The number of fused-ring (bicyclic) bond motifs is 1. The topological polar surface area (TPSA) is 107 Å². The first-order chi connectivity index (χ1) is 12.0. The minimum absolute atomic E-state index is 0.119. The molecule has 1 aliphatic heterocycles. The molecule has 2 heterocycles. The van der Waals surface area contributed by atoms with Gasteiger partial charge in [0, 0.05) is 18.3 Å². The molecular weight excluding hydrogens is 328 g/mol. The Kier molecular flexibility index (Phi) is 4.69. The second-order valence-corrected chi connectivity index (χ2v) is 5.40. The van der Waals surface area contributed by atoms with Gasteiger partial charge in [0.2, 0.25) is 6.79 Å². The summed E-state index contributed by atoms with van der Waals surface area (Å²) in [6.07, 6.45) is 1.42. The smallest absolute Gasteiger partial charge is 0.355 e. The molecule has 0 unspecified atom stereocenters. The first-order valence-corrected chi connectivity index (χ1v) is 7.54. The Balaban J connectivity index is 1.46. The van der Waals surface area contributed by atoms with Gasteiger partial charge in [-0.1, -0.05) is 6.07 Å². The van der Waals surface area contributed by atoms with Crippen LogP contribution < -0.4 is 14.8 Å². The van der Waals surface area contributed by atoms with Crippen molar-refractivity contribution in [3.05, 3.63) is 47.3 Å². The van der Waals surface area contributed by atoms with Gasteiger partial charge in [0.05, 0.1) is 0 Å². The summed E-state index contributed by atoms with van der Waals surface area (Å²) in [6, 6.07) is 6.73. The van der Waals surface area contributed by atoms with Crippen molar-refractivity contribution in [1.29, 1.82) is 0 Å². The fourth-order valence-electron chi connectivity index (χ4n) is 2.23. The zero-order chi connectivity index (χ0) is 17.8. The molecule has 0 atom stereocenters. The number of H-pyrrole nitrogens is 1. The largest absolute Gasteiger partial charge is 0.454 e. The molecule has 1 aromatic heterocycles. The fourth-order valence-corrected chi connectivity index (χ4v) is 2.23. The molecule has 2 aromatic rings. The lowest BCUT2D eigenvalue weighted by Crippen LogP contribution is -2.28. The van der Waals surface area contributed by atoms with E-state index in [4.69, 9.17) is 14.2 Å². The van der Waals surface area contributed by atoms with E-state index < -0.39 is 18.5 Å². The molecule has 2 N–H and O–H groups in total. The van der Waals surface area contributed by atoms with Crippen LogP contribution in [0.4, 0.5) is 0 Å². The van der Waals surface area contributed by atoms with Gasteiger partial charge in [-0.2, -0.15) is 0 Å². The van der Waals surface area contributed by atoms with Gasteiger partial charge in [0.1, 0.15) is 5.69 Å². The second kappa shape index (κ2) is 7.08. The van der Waals surface area contributed by atoms with Crippen molar-refractivity contribution in [2.75, 3.05) is 13.4 Å². The predicted octanol–water partition coefficient (Wildman–Crippen LogP) is 1.42. The summed E-state index contributed by atoms with van der Waals surface area (Å²) in [5, 5.41) is 2.64. The van der Waals surface area contributed by atoms with Gasteiger partial charge in [-0.15, -0.1) is 0 Å². The van der Waals surface area contributed by atoms with Gasteiger partial charge in [-0.25, -0.2) is 4.79 Å². The standard InChI is InChI=1S/C17H16N2O6/c1-10(20)12-5-13(18-7-12)17(22)23-8-16(21)19-6-11-2-3-14-15(4-11)25-9-24-14/h2-5,7,18H,6,8-9H2,1H3,(H,19,21). The Morgan fingerprint density at radius 3 is 2.76 bits per heavy atom. The maximum Gasteiger partial charge on any atom is 0.355 e. The Hall–Kier alpha value is -3.29. The molecule has 3 rings (SSSR count). The zero-order valence-electron chi connectivity index (χ0n) is 13.5. The van der Waals surface area contributed by atoms with E-state index in [9.17, 15) is 14.4 Å². The van der Waals surface area contributed by atoms with Crippen LogP contribution in [0.5, 0.6) is 11.5 Å². The first-order valence-electron chi connectivity index (χ1n) is 7.54. The van der Waals surface area contributed by atoms with Gasteiger partial charge in [0.15, 0.2) is 23.9 Å². The van der Waals surface area contributed by atoms with Crippen molar-refractivity contribution in [3.63, 3.8) is 0 Å². The van der Waals surface area contributed by atoms with E-state index in [1.807, 2.05) is 6.07 Å². The van der Waals surface area contributed by atoms with Gasteiger partial charge >= 0.3 is 5.97 Å². The summed E-state index contributed by atoms with van der Waals surface area (Å²) >= 11 is 0. The van der Waals surface area contributed by atoms with Crippen molar-refractivity contribution < 1.29 is 28.6 Å². The van der Waals surface area contributed by atoms with Gasteiger partial charge < -0.3 is 24.5 Å². The maximum absolute atomic E-state index is 11.8. The Bertz CT molecular complexity index is 826. The molecule has 0 fully saturated rings. The van der Waals surface area contributed by atoms with Crippen LogP contribution in [0.25, 0.3) is 0 Å². The number of ketones is 1. The van der Waals surface area contributed by atoms with Crippen LogP contribution in [0.3, 0.4) is 0 Å². The van der Waals surface area contributed by atoms with E-state index in [0.717, 1.165) is 5.56 Å². The van der Waals surface area contributed by atoms with Crippen LogP contribution in [0.1, 0.15) is 33.3 Å². The Labute approximate surface area is 143 Å². The highest BCUT2D eigenvalue weighted by Crippen LogP contribution is 2.32. The van der Waals surface area contributed by atoms with E-state index in [0.29, 0.717) is 17.1 Å². The number of carbonyl (C=O) groups excluding carboxylic acids is 3. The number of ether oxygens (including phenoxy) is 3. The molecule has 1 aliphatic rings. The van der Waals surface area contributed by atoms with Crippen molar-refractivity contribution in [1.82, 2.24) is 10.3 Å². The van der Waals surface area contributed by atoms with Crippen molar-refractivity contribution in [3.8, 4) is 11.5 Å². The molecule has 1 aromatic carbocycles. The predicted molar refractivity (Wildman–Crippen MR) is 85.5 cm³/mol. The molecule has 8 heteroatoms. The van der Waals surface area contributed by atoms with E-state index >= 15 is 0 Å². The SMILES string of the molecule is CC(=O)c1c[nH]c(C(=O)OCC(=O)NCc2ccc3c(c2)OCO3)c1. The third kappa shape index (κ3) is 3.97. The molecule has 8 nitrogen and oxygen atoms in total. The van der Waals surface area contributed by atoms with E-state index in [1.54, 1.807) is 12.1 Å². The monoisotopic (exact) mass is 344 g/mol. The third-order valence-electron chi connectivity index (χ3n) is 3.57. The lowest BCUT2D eigenvalue weighted by Gasteiger charge is -2.07. The van der Waals surface area contributed by atoms with Crippen LogP contribution >= 0.6 is 0 Å². The minimum atomic E-state index is -0.703. The van der Waals surface area contributed by atoms with Crippen LogP contribution in [-0.2, 0) is 16.1 Å². The van der Waals surface area contributed by atoms with Crippen molar-refractivity contribution in [2.24, 2.45) is 0 Å². The van der Waals surface area contributed by atoms with Gasteiger partial charge in [-0.05, 0) is 30.7 Å². The molecule has 0 bridgehead atoms. The van der Waals surface area contributed by atoms with Crippen LogP contribution in [-0.4, -0.2) is 36.0 Å². The number of rotatable bonds is 6. The van der Waals surface area contributed by atoms with Crippen LogP contribution in [0, 0.1) is 0 Å². The average Bonchev–Trinajstić information content (AvgIpc) is 3.26. The number of Topliss-reactive ketones (excluding diaryl/α,β-unsaturated/α-hetero) is 1. The quantitative estimate of drug-likeness (QED) is 0.606. The molecule has 1 amide bonds. The number of hydrogen-bond donors (Lipinski definition) is 2. The highest BCUT2D eigenvalue weighted by atomic mass is 16.7. The number of carbonyl (C=O) groups is 3. The van der Waals surface area contributed by atoms with E-state index in [-0.39, 0.29) is 24.8 Å². The lowest BCUT2D eigenvalue weighted by atomic mass is 10.2. The Morgan fingerprint density at radius 2 is 2.00 bits per heavy atom. The van der Waals surface area contributed by atoms with Crippen molar-refractivity contribution in [2.45, 2.75) is 13.5 Å². The lowest BCUT2D eigenvalue weighted by molar-refractivity contribution is -0.124. The molecule has 0 spiro atoms. The summed E-state index contributed by atoms with van der Waals surface area (Å²) in [4.78, 5) is 37.4. The summed E-state index contributed by atoms with van der Waals surface area (Å²) < 4.78 is 15.4. The summed E-state index contributed by atoms with van der Waals surface area (Å²) in [5.74, 6) is -0.0158. The number of hydrogen-bond acceptors (Lipinski definition) is 6. The number of benzene rings is 1. The third-order valence-corrected chi connectivity index (χ3v) is 3.57. The van der Waals surface area contributed by atoms with E-state index in [2.05, 4.69) is 10.3 Å². The molecule has 0 saturated heterocycles. The highest BCUT2D eigenvalue weighted by Gasteiger charge is 2.15. The first kappa shape index (κ1) is 16.6. The average molecular weight is 344 g/mol. The molecule has 0 aliphatic carbocycles. The van der Waals surface area contributed by atoms with Crippen LogP contribution in [0.15, 0.2) is 30.5 Å². The number of nitrogens with one attached hydrogen (secondary N) is 2. The second-order valence-electron chi connectivity index (χ2n) is 5.40. The maximum atomic E-state index is 11.8. The molecular formula is C17H16N2O6.